The van der Waals surface area contributed by atoms with Gasteiger partial charge in [-0.05, 0) is 52.8 Å². The number of aromatic nitrogens is 3. The number of aromatic amines is 1. The fraction of sp³-hybridized carbons (Fsp3) is 0.231. The molecule has 0 aliphatic rings. The van der Waals surface area contributed by atoms with Crippen LogP contribution in [0, 0.1) is 11.7 Å². The van der Waals surface area contributed by atoms with Gasteiger partial charge in [-0.15, -0.1) is 6.58 Å². The minimum atomic E-state index is 0.350. The lowest BCUT2D eigenvalue weighted by Gasteiger charge is -2.09. The van der Waals surface area contributed by atoms with Crippen LogP contribution in [-0.4, -0.2) is 14.8 Å². The zero-order chi connectivity index (χ0) is 13.8. The molecule has 0 fully saturated rings. The minimum Gasteiger partial charge on any atom is -0.484 e. The third kappa shape index (κ3) is 3.33. The summed E-state index contributed by atoms with van der Waals surface area (Å²) in [7, 11) is 0. The van der Waals surface area contributed by atoms with Crippen molar-refractivity contribution in [3.63, 3.8) is 0 Å². The maximum atomic E-state index is 5.75. The molecule has 4 nitrogen and oxygen atoms in total. The highest BCUT2D eigenvalue weighted by molar-refractivity contribution is 9.10. The van der Waals surface area contributed by atoms with Crippen molar-refractivity contribution in [3.05, 3.63) is 51.5 Å². The van der Waals surface area contributed by atoms with Crippen LogP contribution in [0.15, 0.2) is 35.3 Å². The first-order valence-electron chi connectivity index (χ1n) is 5.75. The van der Waals surface area contributed by atoms with Gasteiger partial charge in [-0.2, -0.15) is 5.10 Å². The van der Waals surface area contributed by atoms with Gasteiger partial charge in [-0.3, -0.25) is 9.67 Å². The van der Waals surface area contributed by atoms with Crippen molar-refractivity contribution in [2.75, 3.05) is 0 Å². The highest BCUT2D eigenvalue weighted by Gasteiger charge is 2.07. The number of nitrogens with one attached hydrogen (secondary N) is 1. The van der Waals surface area contributed by atoms with E-state index in [-0.39, 0.29) is 0 Å². The molecule has 1 N–H and O–H groups in total. The van der Waals surface area contributed by atoms with Gasteiger partial charge in [0.05, 0.1) is 4.47 Å². The predicted octanol–water partition coefficient (Wildman–Crippen LogP) is 3.78. The number of allylic oxidation sites excluding steroid dienone is 1. The van der Waals surface area contributed by atoms with Crippen LogP contribution in [0.5, 0.6) is 5.75 Å². The number of halogens is 1. The summed E-state index contributed by atoms with van der Waals surface area (Å²) in [6, 6.07) is 5.94. The van der Waals surface area contributed by atoms with E-state index in [0.717, 1.165) is 16.0 Å². The molecule has 6 heteroatoms. The molecular weight excluding hydrogens is 326 g/mol. The molecule has 0 unspecified atom stereocenters. The molecule has 0 amide bonds. The molecule has 1 aromatic heterocycles. The van der Waals surface area contributed by atoms with Crippen molar-refractivity contribution in [2.45, 2.75) is 20.1 Å². The second-order valence-corrected chi connectivity index (χ2v) is 5.31. The van der Waals surface area contributed by atoms with E-state index in [1.165, 1.54) is 5.56 Å². The first kappa shape index (κ1) is 14.0. The van der Waals surface area contributed by atoms with Crippen molar-refractivity contribution in [1.82, 2.24) is 14.8 Å². The van der Waals surface area contributed by atoms with Crippen LogP contribution >= 0.6 is 28.1 Å². The van der Waals surface area contributed by atoms with Crippen molar-refractivity contribution < 1.29 is 4.74 Å². The molecule has 0 radical (unpaired) electrons. The molecule has 0 saturated heterocycles. The summed E-state index contributed by atoms with van der Waals surface area (Å²) in [6.45, 7) is 6.70. The maximum absolute atomic E-state index is 5.75. The van der Waals surface area contributed by atoms with Crippen molar-refractivity contribution in [1.29, 1.82) is 0 Å². The Balaban J connectivity index is 2.14. The van der Waals surface area contributed by atoms with E-state index < -0.39 is 0 Å². The van der Waals surface area contributed by atoms with Gasteiger partial charge in [0.25, 0.3) is 0 Å². The smallest absolute Gasteiger partial charge is 0.195 e. The predicted molar refractivity (Wildman–Crippen MR) is 80.8 cm³/mol. The van der Waals surface area contributed by atoms with Crippen LogP contribution in [0.25, 0.3) is 0 Å². The van der Waals surface area contributed by atoms with Gasteiger partial charge in [-0.25, -0.2) is 0 Å². The lowest BCUT2D eigenvalue weighted by Crippen LogP contribution is -2.06. The first-order valence-corrected chi connectivity index (χ1v) is 6.96. The number of rotatable bonds is 5. The topological polar surface area (TPSA) is 42.8 Å². The van der Waals surface area contributed by atoms with Crippen LogP contribution in [-0.2, 0) is 13.2 Å². The van der Waals surface area contributed by atoms with Crippen LogP contribution in [0.3, 0.4) is 0 Å². The second-order valence-electron chi connectivity index (χ2n) is 4.07. The van der Waals surface area contributed by atoms with E-state index in [1.54, 1.807) is 6.08 Å². The van der Waals surface area contributed by atoms with Gasteiger partial charge in [-0.1, -0.05) is 12.1 Å². The van der Waals surface area contributed by atoms with E-state index in [1.807, 2.05) is 29.7 Å². The maximum Gasteiger partial charge on any atom is 0.195 e. The van der Waals surface area contributed by atoms with Crippen LogP contribution in [0.2, 0.25) is 0 Å². The molecule has 0 spiro atoms. The highest BCUT2D eigenvalue weighted by atomic mass is 79.9. The van der Waals surface area contributed by atoms with Crippen molar-refractivity contribution in [3.8, 4) is 5.75 Å². The molecule has 2 aromatic rings. The number of H-pyrrole nitrogens is 1. The van der Waals surface area contributed by atoms with Crippen LogP contribution < -0.4 is 4.74 Å². The quantitative estimate of drug-likeness (QED) is 0.665. The lowest BCUT2D eigenvalue weighted by atomic mass is 10.2. The molecule has 1 aromatic carbocycles. The van der Waals surface area contributed by atoms with Crippen LogP contribution in [0.1, 0.15) is 11.4 Å². The van der Waals surface area contributed by atoms with Gasteiger partial charge in [0.15, 0.2) is 10.6 Å². The van der Waals surface area contributed by atoms with Gasteiger partial charge >= 0.3 is 0 Å². The third-order valence-electron chi connectivity index (χ3n) is 2.59. The summed E-state index contributed by atoms with van der Waals surface area (Å²) in [4.78, 5) is 0. The molecular formula is C13H14BrN3OS. The van der Waals surface area contributed by atoms with E-state index in [9.17, 15) is 0 Å². The Kier molecular flexibility index (Phi) is 4.55. The average molecular weight is 340 g/mol. The Hall–Kier alpha value is -1.40. The fourth-order valence-corrected chi connectivity index (χ4v) is 2.48. The fourth-order valence-electron chi connectivity index (χ4n) is 1.64. The summed E-state index contributed by atoms with van der Waals surface area (Å²) in [6.07, 6.45) is 1.77. The zero-order valence-corrected chi connectivity index (χ0v) is 12.9. The van der Waals surface area contributed by atoms with Gasteiger partial charge < -0.3 is 4.74 Å². The first-order chi connectivity index (χ1) is 9.11. The minimum absolute atomic E-state index is 0.350. The largest absolute Gasteiger partial charge is 0.484 e. The molecule has 0 atom stereocenters. The second kappa shape index (κ2) is 6.16. The Morgan fingerprint density at radius 3 is 3.05 bits per heavy atom. The van der Waals surface area contributed by atoms with Crippen molar-refractivity contribution in [2.24, 2.45) is 0 Å². The average Bonchev–Trinajstić information content (AvgIpc) is 2.71. The summed E-state index contributed by atoms with van der Waals surface area (Å²) < 4.78 is 9.10. The van der Waals surface area contributed by atoms with E-state index in [4.69, 9.17) is 17.0 Å². The SMILES string of the molecule is C=CCn1c(COc2ccc(C)cc2Br)n[nH]c1=S. The van der Waals surface area contributed by atoms with Crippen LogP contribution in [0.4, 0.5) is 0 Å². The molecule has 0 aliphatic heterocycles. The van der Waals surface area contributed by atoms with Gasteiger partial charge in [0.1, 0.15) is 12.4 Å². The molecule has 100 valence electrons. The lowest BCUT2D eigenvalue weighted by molar-refractivity contribution is 0.288. The summed E-state index contributed by atoms with van der Waals surface area (Å²) in [5.74, 6) is 1.53. The molecule has 0 bridgehead atoms. The standard InChI is InChI=1S/C13H14BrN3OS/c1-3-6-17-12(15-16-13(17)19)8-18-11-5-4-9(2)7-10(11)14/h3-5,7H,1,6,8H2,2H3,(H,16,19). The molecule has 2 rings (SSSR count). The number of nitrogens with zero attached hydrogens (tertiary/aromatic N) is 2. The number of hydrogen-bond donors (Lipinski definition) is 1. The molecule has 0 saturated carbocycles. The monoisotopic (exact) mass is 339 g/mol. The normalized spacial score (nSPS) is 10.4. The number of benzene rings is 1. The van der Waals surface area contributed by atoms with Gasteiger partial charge in [0, 0.05) is 6.54 Å². The summed E-state index contributed by atoms with van der Waals surface area (Å²) >= 11 is 8.62. The zero-order valence-electron chi connectivity index (χ0n) is 10.5. The molecule has 19 heavy (non-hydrogen) atoms. The Labute approximate surface area is 125 Å². The Morgan fingerprint density at radius 2 is 2.37 bits per heavy atom. The Morgan fingerprint density at radius 1 is 1.58 bits per heavy atom. The molecule has 1 heterocycles. The number of ether oxygens (including phenoxy) is 1. The molecule has 0 aliphatic carbocycles. The number of hydrogen-bond acceptors (Lipinski definition) is 3. The Bertz CT molecular complexity index is 648. The summed E-state index contributed by atoms with van der Waals surface area (Å²) in [5.41, 5.74) is 1.17. The summed E-state index contributed by atoms with van der Waals surface area (Å²) in [5, 5.41) is 6.91. The van der Waals surface area contributed by atoms with E-state index in [2.05, 4.69) is 32.7 Å². The third-order valence-corrected chi connectivity index (χ3v) is 3.52. The van der Waals surface area contributed by atoms with E-state index >= 15 is 0 Å². The number of aryl methyl sites for hydroxylation is 1. The van der Waals surface area contributed by atoms with E-state index in [0.29, 0.717) is 17.9 Å². The highest BCUT2D eigenvalue weighted by Crippen LogP contribution is 2.26. The van der Waals surface area contributed by atoms with Gasteiger partial charge in [0.2, 0.25) is 0 Å². The van der Waals surface area contributed by atoms with Crippen molar-refractivity contribution >= 4 is 28.1 Å².